The summed E-state index contributed by atoms with van der Waals surface area (Å²) < 4.78 is 13.0. The number of carbonyl (C=O) groups is 2. The molecule has 0 aromatic heterocycles. The quantitative estimate of drug-likeness (QED) is 0.806. The first-order chi connectivity index (χ1) is 11.0. The zero-order valence-electron chi connectivity index (χ0n) is 12.3. The number of nitrogens with zero attached hydrogens (tertiary/aromatic N) is 1. The zero-order chi connectivity index (χ0) is 16.6. The van der Waals surface area contributed by atoms with Crippen LogP contribution in [0.3, 0.4) is 0 Å². The number of hydrogen-bond donors (Lipinski definition) is 0. The number of hydrogen-bond acceptors (Lipinski definition) is 2. The number of halogens is 2. The van der Waals surface area contributed by atoms with E-state index in [9.17, 15) is 14.0 Å². The van der Waals surface area contributed by atoms with Crippen molar-refractivity contribution in [1.82, 2.24) is 4.90 Å². The molecule has 0 radical (unpaired) electrons. The van der Waals surface area contributed by atoms with Gasteiger partial charge in [0, 0.05) is 0 Å². The minimum atomic E-state index is -0.531. The number of rotatable bonds is 3. The van der Waals surface area contributed by atoms with Gasteiger partial charge >= 0.3 is 0 Å². The molecular formula is C18H13ClFNO2. The van der Waals surface area contributed by atoms with E-state index >= 15 is 0 Å². The summed E-state index contributed by atoms with van der Waals surface area (Å²) >= 11 is 6.06. The van der Waals surface area contributed by atoms with Gasteiger partial charge in [0.05, 0.1) is 12.1 Å². The predicted molar refractivity (Wildman–Crippen MR) is 85.9 cm³/mol. The Labute approximate surface area is 138 Å². The van der Waals surface area contributed by atoms with E-state index in [-0.39, 0.29) is 17.2 Å². The van der Waals surface area contributed by atoms with Crippen molar-refractivity contribution in [3.63, 3.8) is 0 Å². The van der Waals surface area contributed by atoms with Crippen molar-refractivity contribution in [3.8, 4) is 0 Å². The maximum Gasteiger partial charge on any atom is 0.273 e. The lowest BCUT2D eigenvalue weighted by Crippen LogP contribution is -2.30. The van der Waals surface area contributed by atoms with Gasteiger partial charge in [-0.1, -0.05) is 53.6 Å². The molecule has 0 fully saturated rings. The number of aryl methyl sites for hydroxylation is 1. The second kappa shape index (κ2) is 5.97. The first-order valence-electron chi connectivity index (χ1n) is 7.05. The van der Waals surface area contributed by atoms with Crippen LogP contribution in [0.1, 0.15) is 16.7 Å². The van der Waals surface area contributed by atoms with Crippen LogP contribution in [0.15, 0.2) is 53.6 Å². The van der Waals surface area contributed by atoms with Crippen LogP contribution in [0.2, 0.25) is 0 Å². The van der Waals surface area contributed by atoms with Crippen LogP contribution in [0, 0.1) is 12.7 Å². The van der Waals surface area contributed by atoms with E-state index in [1.165, 1.54) is 24.3 Å². The van der Waals surface area contributed by atoms with E-state index in [2.05, 4.69) is 0 Å². The summed E-state index contributed by atoms with van der Waals surface area (Å²) in [5.41, 5.74) is 2.48. The van der Waals surface area contributed by atoms with Gasteiger partial charge in [0.15, 0.2) is 0 Å². The number of imide groups is 1. The van der Waals surface area contributed by atoms with Gasteiger partial charge in [-0.05, 0) is 30.2 Å². The first-order valence-corrected chi connectivity index (χ1v) is 7.42. The number of benzene rings is 2. The topological polar surface area (TPSA) is 37.4 Å². The summed E-state index contributed by atoms with van der Waals surface area (Å²) in [5.74, 6) is -1.41. The predicted octanol–water partition coefficient (Wildman–Crippen LogP) is 3.65. The van der Waals surface area contributed by atoms with Crippen LogP contribution in [0.25, 0.3) is 5.57 Å². The normalized spacial score (nSPS) is 14.8. The summed E-state index contributed by atoms with van der Waals surface area (Å²) in [5, 5.41) is -0.131. The number of amides is 2. The fraction of sp³-hybridized carbons (Fsp3) is 0.111. The molecule has 0 saturated carbocycles. The molecule has 3 nitrogen and oxygen atoms in total. The Morgan fingerprint density at radius 2 is 1.57 bits per heavy atom. The Kier molecular flexibility index (Phi) is 4.01. The highest BCUT2D eigenvalue weighted by Gasteiger charge is 2.38. The van der Waals surface area contributed by atoms with Crippen molar-refractivity contribution in [1.29, 1.82) is 0 Å². The first kappa shape index (κ1) is 15.4. The summed E-state index contributed by atoms with van der Waals surface area (Å²) in [6, 6.07) is 12.9. The average molecular weight is 330 g/mol. The molecule has 0 bridgehead atoms. The summed E-state index contributed by atoms with van der Waals surface area (Å²) in [6.07, 6.45) is 0. The molecule has 5 heteroatoms. The molecular weight excluding hydrogens is 317 g/mol. The molecule has 0 saturated heterocycles. The van der Waals surface area contributed by atoms with Gasteiger partial charge in [-0.2, -0.15) is 0 Å². The fourth-order valence-corrected chi connectivity index (χ4v) is 2.72. The van der Waals surface area contributed by atoms with Crippen molar-refractivity contribution in [2.24, 2.45) is 0 Å². The van der Waals surface area contributed by atoms with Crippen molar-refractivity contribution in [2.75, 3.05) is 0 Å². The maximum atomic E-state index is 13.0. The molecule has 0 aliphatic carbocycles. The largest absolute Gasteiger partial charge is 0.273 e. The van der Waals surface area contributed by atoms with Gasteiger partial charge < -0.3 is 0 Å². The van der Waals surface area contributed by atoms with E-state index < -0.39 is 17.6 Å². The van der Waals surface area contributed by atoms with E-state index in [1.54, 1.807) is 0 Å². The Hall–Kier alpha value is -2.46. The zero-order valence-corrected chi connectivity index (χ0v) is 13.1. The van der Waals surface area contributed by atoms with E-state index in [1.807, 2.05) is 31.2 Å². The standard InChI is InChI=1S/C18H13ClFNO2/c1-11-2-4-12(5-3-11)10-21-17(22)15(16(19)18(21)23)13-6-8-14(20)9-7-13/h2-9H,10H2,1H3. The molecule has 0 spiro atoms. The fourth-order valence-electron chi connectivity index (χ4n) is 2.43. The molecule has 1 aliphatic rings. The third-order valence-corrected chi connectivity index (χ3v) is 4.06. The van der Waals surface area contributed by atoms with Gasteiger partial charge in [0.2, 0.25) is 0 Å². The Bertz CT molecular complexity index is 810. The minimum Gasteiger partial charge on any atom is -0.269 e. The Morgan fingerprint density at radius 1 is 0.957 bits per heavy atom. The molecule has 3 rings (SSSR count). The van der Waals surface area contributed by atoms with Crippen LogP contribution >= 0.6 is 11.6 Å². The average Bonchev–Trinajstić information content (AvgIpc) is 2.74. The lowest BCUT2D eigenvalue weighted by atomic mass is 10.1. The van der Waals surface area contributed by atoms with Gasteiger partial charge in [-0.15, -0.1) is 0 Å². The smallest absolute Gasteiger partial charge is 0.269 e. The van der Waals surface area contributed by atoms with Crippen molar-refractivity contribution in [2.45, 2.75) is 13.5 Å². The molecule has 0 atom stereocenters. The molecule has 116 valence electrons. The van der Waals surface area contributed by atoms with E-state index in [0.29, 0.717) is 5.56 Å². The third kappa shape index (κ3) is 2.90. The molecule has 2 amide bonds. The molecule has 1 heterocycles. The van der Waals surface area contributed by atoms with Crippen molar-refractivity contribution in [3.05, 3.63) is 76.1 Å². The van der Waals surface area contributed by atoms with Crippen LogP contribution in [-0.4, -0.2) is 16.7 Å². The van der Waals surface area contributed by atoms with Crippen molar-refractivity contribution >= 4 is 29.0 Å². The molecule has 2 aromatic carbocycles. The number of carbonyl (C=O) groups excluding carboxylic acids is 2. The lowest BCUT2D eigenvalue weighted by molar-refractivity contribution is -0.137. The molecule has 1 aliphatic heterocycles. The van der Waals surface area contributed by atoms with Crippen LogP contribution in [-0.2, 0) is 16.1 Å². The monoisotopic (exact) mass is 329 g/mol. The third-order valence-electron chi connectivity index (χ3n) is 3.71. The van der Waals surface area contributed by atoms with Gasteiger partial charge in [-0.25, -0.2) is 4.39 Å². The van der Waals surface area contributed by atoms with Crippen molar-refractivity contribution < 1.29 is 14.0 Å². The lowest BCUT2D eigenvalue weighted by Gasteiger charge is -2.15. The SMILES string of the molecule is Cc1ccc(CN2C(=O)C(Cl)=C(c3ccc(F)cc3)C2=O)cc1. The molecule has 23 heavy (non-hydrogen) atoms. The Balaban J connectivity index is 1.89. The van der Waals surface area contributed by atoms with E-state index in [0.717, 1.165) is 16.0 Å². The highest BCUT2D eigenvalue weighted by molar-refractivity contribution is 6.55. The summed E-state index contributed by atoms with van der Waals surface area (Å²) in [6.45, 7) is 2.11. The summed E-state index contributed by atoms with van der Waals surface area (Å²) in [4.78, 5) is 25.9. The van der Waals surface area contributed by atoms with Gasteiger partial charge in [0.25, 0.3) is 11.8 Å². The van der Waals surface area contributed by atoms with Gasteiger partial charge in [0.1, 0.15) is 10.8 Å². The van der Waals surface area contributed by atoms with Crippen LogP contribution in [0.4, 0.5) is 4.39 Å². The van der Waals surface area contributed by atoms with E-state index in [4.69, 9.17) is 11.6 Å². The molecule has 0 unspecified atom stereocenters. The molecule has 0 N–H and O–H groups in total. The highest BCUT2D eigenvalue weighted by atomic mass is 35.5. The minimum absolute atomic E-state index is 0.115. The van der Waals surface area contributed by atoms with Crippen LogP contribution in [0.5, 0.6) is 0 Å². The second-order valence-electron chi connectivity index (χ2n) is 5.38. The highest BCUT2D eigenvalue weighted by Crippen LogP contribution is 2.32. The maximum absolute atomic E-state index is 13.0. The van der Waals surface area contributed by atoms with Crippen LogP contribution < -0.4 is 0 Å². The Morgan fingerprint density at radius 3 is 2.17 bits per heavy atom. The second-order valence-corrected chi connectivity index (χ2v) is 5.76. The van der Waals surface area contributed by atoms with Gasteiger partial charge in [-0.3, -0.25) is 14.5 Å². The molecule has 2 aromatic rings. The summed E-state index contributed by atoms with van der Waals surface area (Å²) in [7, 11) is 0.